The topological polar surface area (TPSA) is 106 Å². The normalized spacial score (nSPS) is 17.1. The summed E-state index contributed by atoms with van der Waals surface area (Å²) < 4.78 is 24.1. The van der Waals surface area contributed by atoms with Crippen molar-refractivity contribution in [1.82, 2.24) is 15.0 Å². The lowest BCUT2D eigenvalue weighted by Gasteiger charge is -2.34. The minimum Gasteiger partial charge on any atom is -0.481 e. The highest BCUT2D eigenvalue weighted by atomic mass is 19.1. The van der Waals surface area contributed by atoms with Gasteiger partial charge in [-0.15, -0.1) is 0 Å². The molecule has 1 unspecified atom stereocenters. The van der Waals surface area contributed by atoms with Crippen LogP contribution in [0.5, 0.6) is 0 Å². The molecule has 1 saturated heterocycles. The Morgan fingerprint density at radius 3 is 2.96 bits per heavy atom. The number of hydrogen-bond acceptors (Lipinski definition) is 6. The number of carboxylic acids is 1. The van der Waals surface area contributed by atoms with Crippen LogP contribution in [-0.2, 0) is 20.7 Å². The van der Waals surface area contributed by atoms with Gasteiger partial charge in [-0.05, 0) is 18.6 Å². The number of carboxylic acid groups (broad SMARTS) is 1. The largest absolute Gasteiger partial charge is 0.481 e. The van der Waals surface area contributed by atoms with E-state index in [9.17, 15) is 14.0 Å². The molecule has 1 aliphatic heterocycles. The van der Waals surface area contributed by atoms with Gasteiger partial charge in [0.05, 0.1) is 25.7 Å². The van der Waals surface area contributed by atoms with Crippen LogP contribution in [0.4, 0.5) is 4.39 Å². The number of halogens is 1. The Morgan fingerprint density at radius 1 is 1.41 bits per heavy atom. The van der Waals surface area contributed by atoms with Gasteiger partial charge in [0, 0.05) is 24.9 Å². The van der Waals surface area contributed by atoms with Crippen molar-refractivity contribution in [2.45, 2.75) is 32.2 Å². The molecule has 1 aromatic carbocycles. The van der Waals surface area contributed by atoms with Gasteiger partial charge in [-0.2, -0.15) is 4.98 Å². The van der Waals surface area contributed by atoms with Gasteiger partial charge in [-0.3, -0.25) is 9.59 Å². The molecule has 1 aliphatic rings. The average molecular weight is 377 g/mol. The molecule has 3 rings (SSSR count). The lowest BCUT2D eigenvalue weighted by molar-refractivity contribution is -0.146. The highest BCUT2D eigenvalue weighted by Gasteiger charge is 2.29. The van der Waals surface area contributed by atoms with Gasteiger partial charge in [-0.1, -0.05) is 17.3 Å². The standard InChI is InChI=1S/C18H20FN3O5/c1-11-2-3-12(8-14(11)19)18-20-15(27-21-18)4-5-16(23)22-6-7-26-10-13(22)9-17(24)25/h2-3,8,13H,4-7,9-10H2,1H3,(H,24,25). The molecule has 1 amide bonds. The first-order chi connectivity index (χ1) is 12.9. The molecule has 1 aromatic heterocycles. The molecule has 0 spiro atoms. The number of ether oxygens (including phenoxy) is 1. The first-order valence-corrected chi connectivity index (χ1v) is 8.62. The van der Waals surface area contributed by atoms with Crippen molar-refractivity contribution in [3.05, 3.63) is 35.5 Å². The van der Waals surface area contributed by atoms with Crippen LogP contribution in [0, 0.1) is 12.7 Å². The van der Waals surface area contributed by atoms with E-state index in [4.69, 9.17) is 14.4 Å². The molecule has 0 radical (unpaired) electrons. The van der Waals surface area contributed by atoms with Crippen LogP contribution in [0.25, 0.3) is 11.4 Å². The molecule has 1 N–H and O–H groups in total. The number of morpholine rings is 1. The number of amides is 1. The van der Waals surface area contributed by atoms with Gasteiger partial charge in [0.2, 0.25) is 17.6 Å². The Kier molecular flexibility index (Phi) is 5.80. The fraction of sp³-hybridized carbons (Fsp3) is 0.444. The number of aromatic nitrogens is 2. The Labute approximate surface area is 154 Å². The van der Waals surface area contributed by atoms with Crippen molar-refractivity contribution in [2.75, 3.05) is 19.8 Å². The maximum absolute atomic E-state index is 13.7. The molecule has 9 heteroatoms. The molecule has 1 fully saturated rings. The third-order valence-corrected chi connectivity index (χ3v) is 4.41. The first kappa shape index (κ1) is 19.0. The van der Waals surface area contributed by atoms with E-state index in [0.717, 1.165) is 0 Å². The number of rotatable bonds is 6. The average Bonchev–Trinajstić information content (AvgIpc) is 3.11. The Bertz CT molecular complexity index is 838. The van der Waals surface area contributed by atoms with E-state index in [1.165, 1.54) is 11.0 Å². The van der Waals surface area contributed by atoms with Crippen LogP contribution < -0.4 is 0 Å². The molecule has 0 saturated carbocycles. The second-order valence-corrected chi connectivity index (χ2v) is 6.39. The zero-order valence-electron chi connectivity index (χ0n) is 14.9. The van der Waals surface area contributed by atoms with E-state index in [2.05, 4.69) is 10.1 Å². The third-order valence-electron chi connectivity index (χ3n) is 4.41. The van der Waals surface area contributed by atoms with Gasteiger partial charge < -0.3 is 19.3 Å². The molecule has 2 heterocycles. The van der Waals surface area contributed by atoms with E-state index in [1.807, 2.05) is 0 Å². The first-order valence-electron chi connectivity index (χ1n) is 8.62. The van der Waals surface area contributed by atoms with Crippen LogP contribution >= 0.6 is 0 Å². The molecule has 27 heavy (non-hydrogen) atoms. The molecule has 1 atom stereocenters. The second-order valence-electron chi connectivity index (χ2n) is 6.39. The van der Waals surface area contributed by atoms with Crippen molar-refractivity contribution in [3.8, 4) is 11.4 Å². The van der Waals surface area contributed by atoms with Crippen LogP contribution in [0.3, 0.4) is 0 Å². The quantitative estimate of drug-likeness (QED) is 0.818. The number of hydrogen-bond donors (Lipinski definition) is 1. The summed E-state index contributed by atoms with van der Waals surface area (Å²) in [6.07, 6.45) is 0.173. The Morgan fingerprint density at radius 2 is 2.22 bits per heavy atom. The molecule has 144 valence electrons. The van der Waals surface area contributed by atoms with E-state index >= 15 is 0 Å². The summed E-state index contributed by atoms with van der Waals surface area (Å²) in [7, 11) is 0. The summed E-state index contributed by atoms with van der Waals surface area (Å²) in [5.41, 5.74) is 1.02. The zero-order chi connectivity index (χ0) is 19.4. The molecular weight excluding hydrogens is 357 g/mol. The number of aliphatic carboxylic acids is 1. The van der Waals surface area contributed by atoms with Crippen LogP contribution in [0.15, 0.2) is 22.7 Å². The second kappa shape index (κ2) is 8.26. The highest BCUT2D eigenvalue weighted by molar-refractivity contribution is 5.78. The fourth-order valence-corrected chi connectivity index (χ4v) is 2.92. The van der Waals surface area contributed by atoms with Gasteiger partial charge >= 0.3 is 5.97 Å². The SMILES string of the molecule is Cc1ccc(-c2noc(CCC(=O)N3CCOCC3CC(=O)O)n2)cc1F. The third kappa shape index (κ3) is 4.68. The summed E-state index contributed by atoms with van der Waals surface area (Å²) in [5.74, 6) is -1.000. The predicted molar refractivity (Wildman–Crippen MR) is 91.3 cm³/mol. The van der Waals surface area contributed by atoms with Gasteiger partial charge in [0.25, 0.3) is 0 Å². The monoisotopic (exact) mass is 377 g/mol. The van der Waals surface area contributed by atoms with Crippen LogP contribution in [0.1, 0.15) is 24.3 Å². The zero-order valence-corrected chi connectivity index (χ0v) is 14.9. The lowest BCUT2D eigenvalue weighted by atomic mass is 10.1. The van der Waals surface area contributed by atoms with Crippen LogP contribution in [-0.4, -0.2) is 57.8 Å². The molecule has 8 nitrogen and oxygen atoms in total. The maximum Gasteiger partial charge on any atom is 0.305 e. The number of carbonyl (C=O) groups excluding carboxylic acids is 1. The number of carbonyl (C=O) groups is 2. The summed E-state index contributed by atoms with van der Waals surface area (Å²) in [6.45, 7) is 2.61. The van der Waals surface area contributed by atoms with E-state index < -0.39 is 12.0 Å². The number of aryl methyl sites for hydroxylation is 2. The smallest absolute Gasteiger partial charge is 0.305 e. The van der Waals surface area contributed by atoms with Gasteiger partial charge in [-0.25, -0.2) is 4.39 Å². The Hall–Kier alpha value is -2.81. The van der Waals surface area contributed by atoms with Crippen molar-refractivity contribution >= 4 is 11.9 Å². The maximum atomic E-state index is 13.7. The number of nitrogens with zero attached hydrogens (tertiary/aromatic N) is 3. The molecule has 0 aliphatic carbocycles. The van der Waals surface area contributed by atoms with Crippen LogP contribution in [0.2, 0.25) is 0 Å². The van der Waals surface area contributed by atoms with Gasteiger partial charge in [0.15, 0.2) is 0 Å². The van der Waals surface area contributed by atoms with Crippen molar-refractivity contribution in [3.63, 3.8) is 0 Å². The summed E-state index contributed by atoms with van der Waals surface area (Å²) in [5, 5.41) is 12.8. The van der Waals surface area contributed by atoms with Crippen molar-refractivity contribution < 1.29 is 28.3 Å². The van der Waals surface area contributed by atoms with E-state index in [0.29, 0.717) is 24.3 Å². The van der Waals surface area contributed by atoms with Crippen molar-refractivity contribution in [1.29, 1.82) is 0 Å². The fourth-order valence-electron chi connectivity index (χ4n) is 2.92. The summed E-state index contributed by atoms with van der Waals surface area (Å²) >= 11 is 0. The highest BCUT2D eigenvalue weighted by Crippen LogP contribution is 2.20. The van der Waals surface area contributed by atoms with E-state index in [1.54, 1.807) is 19.1 Å². The van der Waals surface area contributed by atoms with Crippen molar-refractivity contribution in [2.24, 2.45) is 0 Å². The minimum atomic E-state index is -0.977. The van der Waals surface area contributed by atoms with Gasteiger partial charge in [0.1, 0.15) is 5.82 Å². The minimum absolute atomic E-state index is 0.111. The summed E-state index contributed by atoms with van der Waals surface area (Å²) in [6, 6.07) is 4.19. The molecule has 2 aromatic rings. The predicted octanol–water partition coefficient (Wildman–Crippen LogP) is 1.82. The Balaban J connectivity index is 1.61. The lowest BCUT2D eigenvalue weighted by Crippen LogP contribution is -2.49. The van der Waals surface area contributed by atoms with E-state index in [-0.39, 0.29) is 49.3 Å². The molecular formula is C18H20FN3O5. The molecule has 0 bridgehead atoms. The number of benzene rings is 1. The summed E-state index contributed by atoms with van der Waals surface area (Å²) in [4.78, 5) is 29.1.